The van der Waals surface area contributed by atoms with E-state index in [1.54, 1.807) is 7.11 Å². The van der Waals surface area contributed by atoms with Gasteiger partial charge in [0.15, 0.2) is 6.10 Å². The largest absolute Gasteiger partial charge is 0.385 e. The smallest absolute Gasteiger partial charge is 0.251 e. The number of hydrogen-bond donors (Lipinski definition) is 2. The number of methoxy groups -OCH3 is 1. The summed E-state index contributed by atoms with van der Waals surface area (Å²) in [5, 5.41) is 13.2. The number of nitrogens with zero attached hydrogens (tertiary/aromatic N) is 1. The minimum Gasteiger partial charge on any atom is -0.385 e. The van der Waals surface area contributed by atoms with E-state index in [1.165, 1.54) is 4.90 Å². The first-order valence-electron chi connectivity index (χ1n) is 8.15. The van der Waals surface area contributed by atoms with E-state index in [0.29, 0.717) is 38.5 Å². The van der Waals surface area contributed by atoms with Crippen molar-refractivity contribution in [3.63, 3.8) is 0 Å². The van der Waals surface area contributed by atoms with Crippen molar-refractivity contribution in [2.45, 2.75) is 51.7 Å². The second-order valence-electron chi connectivity index (χ2n) is 6.52. The molecule has 0 saturated heterocycles. The van der Waals surface area contributed by atoms with Crippen molar-refractivity contribution < 1.29 is 19.4 Å². The number of rotatable bonds is 12. The Balaban J connectivity index is 2.61. The first-order valence-corrected chi connectivity index (χ1v) is 8.15. The maximum absolute atomic E-state index is 12.1. The number of carbonyl (C=O) groups is 2. The van der Waals surface area contributed by atoms with Crippen LogP contribution in [0.2, 0.25) is 0 Å². The van der Waals surface area contributed by atoms with E-state index in [2.05, 4.69) is 5.32 Å². The van der Waals surface area contributed by atoms with Gasteiger partial charge >= 0.3 is 0 Å². The van der Waals surface area contributed by atoms with E-state index in [0.717, 1.165) is 19.3 Å². The molecular weight excluding hydrogens is 284 g/mol. The van der Waals surface area contributed by atoms with Crippen LogP contribution >= 0.6 is 0 Å². The molecule has 0 bridgehead atoms. The van der Waals surface area contributed by atoms with Gasteiger partial charge in [-0.15, -0.1) is 0 Å². The van der Waals surface area contributed by atoms with Gasteiger partial charge in [-0.1, -0.05) is 13.8 Å². The molecule has 6 nitrogen and oxygen atoms in total. The lowest BCUT2D eigenvalue weighted by molar-refractivity contribution is -0.136. The molecule has 1 aliphatic carbocycles. The van der Waals surface area contributed by atoms with Crippen LogP contribution in [0, 0.1) is 11.8 Å². The van der Waals surface area contributed by atoms with Crippen LogP contribution in [0.5, 0.6) is 0 Å². The van der Waals surface area contributed by atoms with Crippen LogP contribution in [0.25, 0.3) is 0 Å². The summed E-state index contributed by atoms with van der Waals surface area (Å²) in [5.74, 6) is 0.459. The fourth-order valence-corrected chi connectivity index (χ4v) is 2.46. The number of hydrogen-bond acceptors (Lipinski definition) is 4. The number of nitrogens with one attached hydrogen (secondary N) is 1. The van der Waals surface area contributed by atoms with Gasteiger partial charge in [-0.3, -0.25) is 9.59 Å². The third-order valence-electron chi connectivity index (χ3n) is 3.93. The first-order chi connectivity index (χ1) is 10.5. The molecule has 1 aliphatic rings. The standard InChI is InChI=1S/C16H30N2O4/c1-12(2)9-14(18(11-19)7-4-8-22-3)15(20)16(21)17-10-13-5-6-13/h11-15,20H,4-10H2,1-3H3,(H,17,21). The van der Waals surface area contributed by atoms with Gasteiger partial charge in [-0.25, -0.2) is 0 Å². The second-order valence-corrected chi connectivity index (χ2v) is 6.52. The molecule has 2 atom stereocenters. The van der Waals surface area contributed by atoms with Crippen LogP contribution in [0.15, 0.2) is 0 Å². The molecule has 2 unspecified atom stereocenters. The third kappa shape index (κ3) is 6.75. The van der Waals surface area contributed by atoms with Crippen molar-refractivity contribution in [3.8, 4) is 0 Å². The summed E-state index contributed by atoms with van der Waals surface area (Å²) in [6.07, 6.45) is 3.09. The lowest BCUT2D eigenvalue weighted by atomic mass is 9.97. The van der Waals surface area contributed by atoms with Gasteiger partial charge in [0.25, 0.3) is 5.91 Å². The Labute approximate surface area is 133 Å². The summed E-state index contributed by atoms with van der Waals surface area (Å²) in [7, 11) is 1.61. The van der Waals surface area contributed by atoms with Gasteiger partial charge in [-0.05, 0) is 37.5 Å². The summed E-state index contributed by atoms with van der Waals surface area (Å²) < 4.78 is 4.99. The molecule has 1 saturated carbocycles. The topological polar surface area (TPSA) is 78.9 Å². The third-order valence-corrected chi connectivity index (χ3v) is 3.93. The number of aliphatic hydroxyl groups excluding tert-OH is 1. The van der Waals surface area contributed by atoms with Crippen LogP contribution in [-0.2, 0) is 14.3 Å². The van der Waals surface area contributed by atoms with Crippen molar-refractivity contribution >= 4 is 12.3 Å². The van der Waals surface area contributed by atoms with Gasteiger partial charge in [0.05, 0.1) is 6.04 Å². The fraction of sp³-hybridized carbons (Fsp3) is 0.875. The number of aliphatic hydroxyl groups is 1. The first kappa shape index (κ1) is 18.9. The van der Waals surface area contributed by atoms with Gasteiger partial charge < -0.3 is 20.1 Å². The van der Waals surface area contributed by atoms with Crippen molar-refractivity contribution in [2.24, 2.45) is 11.8 Å². The van der Waals surface area contributed by atoms with Crippen LogP contribution in [0.4, 0.5) is 0 Å². The van der Waals surface area contributed by atoms with Crippen LogP contribution < -0.4 is 5.32 Å². The predicted octanol–water partition coefficient (Wildman–Crippen LogP) is 0.783. The molecule has 1 fully saturated rings. The Morgan fingerprint density at radius 3 is 2.64 bits per heavy atom. The summed E-state index contributed by atoms with van der Waals surface area (Å²) in [4.78, 5) is 25.0. The highest BCUT2D eigenvalue weighted by molar-refractivity contribution is 5.81. The Morgan fingerprint density at radius 1 is 1.45 bits per heavy atom. The highest BCUT2D eigenvalue weighted by atomic mass is 16.5. The normalized spacial score (nSPS) is 17.1. The lowest BCUT2D eigenvalue weighted by Gasteiger charge is -2.32. The van der Waals surface area contributed by atoms with E-state index in [9.17, 15) is 14.7 Å². The van der Waals surface area contributed by atoms with Crippen molar-refractivity contribution in [1.82, 2.24) is 10.2 Å². The second kappa shape index (κ2) is 9.79. The quantitative estimate of drug-likeness (QED) is 0.412. The molecular formula is C16H30N2O4. The highest BCUT2D eigenvalue weighted by Crippen LogP contribution is 2.27. The summed E-state index contributed by atoms with van der Waals surface area (Å²) in [6.45, 7) is 5.67. The van der Waals surface area contributed by atoms with Gasteiger partial charge in [0, 0.05) is 26.8 Å². The summed E-state index contributed by atoms with van der Waals surface area (Å²) in [6, 6.07) is -0.492. The minimum absolute atomic E-state index is 0.278. The molecule has 0 spiro atoms. The summed E-state index contributed by atoms with van der Waals surface area (Å²) in [5.41, 5.74) is 0. The zero-order valence-corrected chi connectivity index (χ0v) is 14.0. The highest BCUT2D eigenvalue weighted by Gasteiger charge is 2.32. The van der Waals surface area contributed by atoms with E-state index in [4.69, 9.17) is 4.74 Å². The van der Waals surface area contributed by atoms with Crippen LogP contribution in [0.3, 0.4) is 0 Å². The average molecular weight is 314 g/mol. The maximum atomic E-state index is 12.1. The van der Waals surface area contributed by atoms with Gasteiger partial charge in [0.2, 0.25) is 6.41 Å². The van der Waals surface area contributed by atoms with Crippen LogP contribution in [0.1, 0.15) is 39.5 Å². The molecule has 6 heteroatoms. The molecule has 2 N–H and O–H groups in total. The lowest BCUT2D eigenvalue weighted by Crippen LogP contribution is -2.51. The molecule has 0 aromatic carbocycles. The average Bonchev–Trinajstić information content (AvgIpc) is 3.30. The molecule has 128 valence electrons. The Hall–Kier alpha value is -1.14. The number of ether oxygens (including phenoxy) is 1. The van der Waals surface area contributed by atoms with E-state index in [-0.39, 0.29) is 11.8 Å². The summed E-state index contributed by atoms with van der Waals surface area (Å²) >= 11 is 0. The van der Waals surface area contributed by atoms with Gasteiger partial charge in [0.1, 0.15) is 0 Å². The zero-order valence-electron chi connectivity index (χ0n) is 14.0. The molecule has 0 aliphatic heterocycles. The predicted molar refractivity (Wildman–Crippen MR) is 84.2 cm³/mol. The molecule has 0 radical (unpaired) electrons. The zero-order chi connectivity index (χ0) is 16.5. The molecule has 2 amide bonds. The van der Waals surface area contributed by atoms with E-state index < -0.39 is 12.1 Å². The Kier molecular flexibility index (Phi) is 8.42. The van der Waals surface area contributed by atoms with E-state index in [1.807, 2.05) is 13.8 Å². The van der Waals surface area contributed by atoms with Crippen molar-refractivity contribution in [3.05, 3.63) is 0 Å². The van der Waals surface area contributed by atoms with Crippen LogP contribution in [-0.4, -0.2) is 61.3 Å². The molecule has 0 aromatic heterocycles. The maximum Gasteiger partial charge on any atom is 0.251 e. The minimum atomic E-state index is -1.19. The number of carbonyl (C=O) groups excluding carboxylic acids is 2. The fourth-order valence-electron chi connectivity index (χ4n) is 2.46. The molecule has 1 rings (SSSR count). The van der Waals surface area contributed by atoms with E-state index >= 15 is 0 Å². The monoisotopic (exact) mass is 314 g/mol. The molecule has 22 heavy (non-hydrogen) atoms. The van der Waals surface area contributed by atoms with Gasteiger partial charge in [-0.2, -0.15) is 0 Å². The SMILES string of the molecule is COCCCN(C=O)C(CC(C)C)C(O)C(=O)NCC1CC1. The Morgan fingerprint density at radius 2 is 2.14 bits per heavy atom. The van der Waals surface area contributed by atoms with Crippen molar-refractivity contribution in [2.75, 3.05) is 26.8 Å². The Bertz CT molecular complexity index is 345. The number of amides is 2. The van der Waals surface area contributed by atoms with Crippen molar-refractivity contribution in [1.29, 1.82) is 0 Å². The molecule has 0 heterocycles. The molecule has 0 aromatic rings.